The van der Waals surface area contributed by atoms with Crippen molar-refractivity contribution in [2.24, 2.45) is 5.73 Å². The number of nitrogens with two attached hydrogens (primary N) is 1. The molecule has 0 amide bonds. The number of rotatable bonds is 0. The Hall–Kier alpha value is -1.09. The Morgan fingerprint density at radius 3 is 3.17 bits per heavy atom. The first-order valence-corrected chi connectivity index (χ1v) is 4.04. The Bertz CT molecular complexity index is 299. The van der Waals surface area contributed by atoms with Gasteiger partial charge in [-0.05, 0) is 18.1 Å². The van der Waals surface area contributed by atoms with Crippen molar-refractivity contribution in [2.75, 3.05) is 11.9 Å². The van der Waals surface area contributed by atoms with Crippen LogP contribution in [0.4, 0.5) is 10.1 Å². The van der Waals surface area contributed by atoms with E-state index in [4.69, 9.17) is 5.73 Å². The summed E-state index contributed by atoms with van der Waals surface area (Å²) in [7, 11) is 0. The molecule has 2 rings (SSSR count). The Kier molecular flexibility index (Phi) is 1.73. The molecule has 0 bridgehead atoms. The highest BCUT2D eigenvalue weighted by molar-refractivity contribution is 5.54. The molecule has 1 heterocycles. The molecule has 0 unspecified atom stereocenters. The normalized spacial score (nSPS) is 21.3. The van der Waals surface area contributed by atoms with Gasteiger partial charge in [0, 0.05) is 12.6 Å². The van der Waals surface area contributed by atoms with Crippen molar-refractivity contribution < 1.29 is 4.39 Å². The highest BCUT2D eigenvalue weighted by Crippen LogP contribution is 2.23. The van der Waals surface area contributed by atoms with E-state index < -0.39 is 0 Å². The second kappa shape index (κ2) is 2.75. The van der Waals surface area contributed by atoms with Crippen molar-refractivity contribution in [1.29, 1.82) is 0 Å². The minimum atomic E-state index is -0.181. The average Bonchev–Trinajstić information content (AvgIpc) is 2.04. The molecule has 1 aliphatic heterocycles. The van der Waals surface area contributed by atoms with Gasteiger partial charge in [-0.3, -0.25) is 0 Å². The van der Waals surface area contributed by atoms with E-state index in [0.29, 0.717) is 12.2 Å². The van der Waals surface area contributed by atoms with Crippen LogP contribution in [0.15, 0.2) is 18.2 Å². The van der Waals surface area contributed by atoms with Gasteiger partial charge in [-0.15, -0.1) is 0 Å². The van der Waals surface area contributed by atoms with E-state index in [2.05, 4.69) is 5.32 Å². The van der Waals surface area contributed by atoms with Crippen molar-refractivity contribution in [3.63, 3.8) is 0 Å². The van der Waals surface area contributed by atoms with Crippen molar-refractivity contribution in [3.8, 4) is 0 Å². The lowest BCUT2D eigenvalue weighted by molar-refractivity contribution is 0.610. The Morgan fingerprint density at radius 2 is 2.33 bits per heavy atom. The summed E-state index contributed by atoms with van der Waals surface area (Å²) in [6.07, 6.45) is 0.764. The fourth-order valence-electron chi connectivity index (χ4n) is 1.52. The number of fused-ring (bicyclic) bond motifs is 1. The average molecular weight is 166 g/mol. The quantitative estimate of drug-likeness (QED) is 0.606. The summed E-state index contributed by atoms with van der Waals surface area (Å²) in [5.41, 5.74) is 7.32. The molecule has 2 nitrogen and oxygen atoms in total. The van der Waals surface area contributed by atoms with E-state index in [1.165, 1.54) is 6.07 Å². The molecule has 0 aromatic heterocycles. The number of nitrogens with one attached hydrogen (secondary N) is 1. The van der Waals surface area contributed by atoms with Crippen LogP contribution in [0.3, 0.4) is 0 Å². The maximum absolute atomic E-state index is 13.1. The zero-order valence-corrected chi connectivity index (χ0v) is 6.68. The monoisotopic (exact) mass is 166 g/mol. The number of hydrogen-bond acceptors (Lipinski definition) is 2. The smallest absolute Gasteiger partial charge is 0.146 e. The molecule has 0 saturated heterocycles. The van der Waals surface area contributed by atoms with Gasteiger partial charge in [0.1, 0.15) is 5.82 Å². The summed E-state index contributed by atoms with van der Waals surface area (Å²) in [6.45, 7) is 0.661. The van der Waals surface area contributed by atoms with Crippen LogP contribution < -0.4 is 11.1 Å². The maximum atomic E-state index is 13.1. The summed E-state index contributed by atoms with van der Waals surface area (Å²) in [5, 5.41) is 2.98. The topological polar surface area (TPSA) is 38.0 Å². The molecule has 3 heteroatoms. The molecule has 0 fully saturated rings. The predicted octanol–water partition coefficient (Wildman–Crippen LogP) is 1.12. The van der Waals surface area contributed by atoms with Gasteiger partial charge >= 0.3 is 0 Å². The van der Waals surface area contributed by atoms with Crippen LogP contribution in [0.2, 0.25) is 0 Å². The summed E-state index contributed by atoms with van der Waals surface area (Å²) in [4.78, 5) is 0. The molecule has 0 spiro atoms. The minimum Gasteiger partial charge on any atom is -0.381 e. The highest BCUT2D eigenvalue weighted by atomic mass is 19.1. The molecule has 0 saturated carbocycles. The Morgan fingerprint density at radius 1 is 1.50 bits per heavy atom. The molecule has 1 aromatic carbocycles. The summed E-state index contributed by atoms with van der Waals surface area (Å²) >= 11 is 0. The lowest BCUT2D eigenvalue weighted by atomic mass is 10.0. The van der Waals surface area contributed by atoms with E-state index in [1.54, 1.807) is 6.07 Å². The van der Waals surface area contributed by atoms with Crippen LogP contribution >= 0.6 is 0 Å². The number of anilines is 1. The van der Waals surface area contributed by atoms with Crippen LogP contribution in [0.1, 0.15) is 5.56 Å². The van der Waals surface area contributed by atoms with E-state index in [9.17, 15) is 4.39 Å². The van der Waals surface area contributed by atoms with Gasteiger partial charge < -0.3 is 11.1 Å². The van der Waals surface area contributed by atoms with Crippen LogP contribution in [0.5, 0.6) is 0 Å². The van der Waals surface area contributed by atoms with Crippen molar-refractivity contribution in [3.05, 3.63) is 29.6 Å². The van der Waals surface area contributed by atoms with Crippen molar-refractivity contribution in [1.82, 2.24) is 0 Å². The third kappa shape index (κ3) is 1.16. The van der Waals surface area contributed by atoms with Gasteiger partial charge in [0.2, 0.25) is 0 Å². The Balaban J connectivity index is 2.42. The number of para-hydroxylation sites is 1. The van der Waals surface area contributed by atoms with Gasteiger partial charge in [-0.25, -0.2) is 4.39 Å². The minimum absolute atomic E-state index is 0.110. The first-order valence-electron chi connectivity index (χ1n) is 4.04. The first-order chi connectivity index (χ1) is 5.77. The van der Waals surface area contributed by atoms with Crippen molar-refractivity contribution >= 4 is 5.69 Å². The van der Waals surface area contributed by atoms with Crippen LogP contribution in [0, 0.1) is 5.82 Å². The molecule has 0 aliphatic carbocycles. The standard InChI is InChI=1S/C9H11FN2/c10-8-3-1-2-6-4-7(11)5-12-9(6)8/h1-3,7,12H,4-5,11H2/t7-/m0/s1. The molecule has 64 valence electrons. The van der Waals surface area contributed by atoms with Gasteiger partial charge in [0.05, 0.1) is 5.69 Å². The van der Waals surface area contributed by atoms with E-state index in [0.717, 1.165) is 12.0 Å². The fraction of sp³-hybridized carbons (Fsp3) is 0.333. The SMILES string of the molecule is N[C@@H]1CNc2c(F)cccc2C1. The maximum Gasteiger partial charge on any atom is 0.146 e. The molecule has 1 atom stereocenters. The van der Waals surface area contributed by atoms with E-state index >= 15 is 0 Å². The second-order valence-electron chi connectivity index (χ2n) is 3.12. The fourth-order valence-corrected chi connectivity index (χ4v) is 1.52. The van der Waals surface area contributed by atoms with Crippen molar-refractivity contribution in [2.45, 2.75) is 12.5 Å². The molecule has 1 aliphatic rings. The molecule has 0 radical (unpaired) electrons. The largest absolute Gasteiger partial charge is 0.381 e. The zero-order valence-electron chi connectivity index (χ0n) is 6.68. The summed E-state index contributed by atoms with van der Waals surface area (Å²) in [5.74, 6) is -0.181. The summed E-state index contributed by atoms with van der Waals surface area (Å²) in [6, 6.07) is 5.19. The lowest BCUT2D eigenvalue weighted by Crippen LogP contribution is -2.35. The van der Waals surface area contributed by atoms with Crippen LogP contribution in [-0.4, -0.2) is 12.6 Å². The lowest BCUT2D eigenvalue weighted by Gasteiger charge is -2.23. The zero-order chi connectivity index (χ0) is 8.55. The molecular weight excluding hydrogens is 155 g/mol. The third-order valence-electron chi connectivity index (χ3n) is 2.12. The Labute approximate surface area is 70.6 Å². The number of hydrogen-bond donors (Lipinski definition) is 2. The van der Waals surface area contributed by atoms with Gasteiger partial charge in [-0.1, -0.05) is 12.1 Å². The second-order valence-corrected chi connectivity index (χ2v) is 3.12. The third-order valence-corrected chi connectivity index (χ3v) is 2.12. The molecule has 1 aromatic rings. The molecule has 12 heavy (non-hydrogen) atoms. The van der Waals surface area contributed by atoms with Gasteiger partial charge in [-0.2, -0.15) is 0 Å². The number of halogens is 1. The van der Waals surface area contributed by atoms with E-state index in [1.807, 2.05) is 6.07 Å². The molecule has 3 N–H and O–H groups in total. The van der Waals surface area contributed by atoms with Crippen LogP contribution in [0.25, 0.3) is 0 Å². The highest BCUT2D eigenvalue weighted by Gasteiger charge is 2.16. The van der Waals surface area contributed by atoms with Gasteiger partial charge in [0.25, 0.3) is 0 Å². The van der Waals surface area contributed by atoms with Gasteiger partial charge in [0.15, 0.2) is 0 Å². The van der Waals surface area contributed by atoms with E-state index in [-0.39, 0.29) is 11.9 Å². The predicted molar refractivity (Wildman–Crippen MR) is 46.6 cm³/mol. The first kappa shape index (κ1) is 7.55. The van der Waals surface area contributed by atoms with Crippen LogP contribution in [-0.2, 0) is 6.42 Å². The molecular formula is C9H11FN2. The summed E-state index contributed by atoms with van der Waals surface area (Å²) < 4.78 is 13.1. The number of benzene rings is 1.